The molecule has 1 amide bonds. The predicted molar refractivity (Wildman–Crippen MR) is 85.0 cm³/mol. The van der Waals surface area contributed by atoms with Crippen LogP contribution in [0.5, 0.6) is 0 Å². The monoisotopic (exact) mass is 335 g/mol. The fourth-order valence-electron chi connectivity index (χ4n) is 3.35. The first-order chi connectivity index (χ1) is 9.71. The van der Waals surface area contributed by atoms with E-state index >= 15 is 0 Å². The molecule has 20 heavy (non-hydrogen) atoms. The van der Waals surface area contributed by atoms with Crippen molar-refractivity contribution < 1.29 is 4.79 Å². The summed E-state index contributed by atoms with van der Waals surface area (Å²) in [5, 5.41) is 3.21. The normalized spacial score (nSPS) is 27.9. The highest BCUT2D eigenvalue weighted by atomic mass is 79.9. The molecule has 0 spiro atoms. The van der Waals surface area contributed by atoms with E-state index in [0.29, 0.717) is 10.7 Å². The van der Waals surface area contributed by atoms with Crippen molar-refractivity contribution in [3.63, 3.8) is 0 Å². The van der Waals surface area contributed by atoms with E-state index in [1.165, 1.54) is 31.2 Å². The Morgan fingerprint density at radius 1 is 1.25 bits per heavy atom. The molecule has 0 aromatic heterocycles. The van der Waals surface area contributed by atoms with Crippen molar-refractivity contribution in [2.24, 2.45) is 5.92 Å². The summed E-state index contributed by atoms with van der Waals surface area (Å²) in [5.74, 6) is 0.879. The van der Waals surface area contributed by atoms with E-state index in [1.807, 2.05) is 18.2 Å². The molecule has 2 fully saturated rings. The number of carbonyl (C=O) groups is 1. The van der Waals surface area contributed by atoms with Crippen LogP contribution in [0.4, 0.5) is 0 Å². The molecule has 2 nitrogen and oxygen atoms in total. The number of amides is 1. The molecular weight excluding hydrogens is 314 g/mol. The lowest BCUT2D eigenvalue weighted by Crippen LogP contribution is -2.38. The van der Waals surface area contributed by atoms with Gasteiger partial charge in [-0.15, -0.1) is 0 Å². The van der Waals surface area contributed by atoms with Crippen LogP contribution in [0.15, 0.2) is 30.3 Å². The van der Waals surface area contributed by atoms with E-state index in [4.69, 9.17) is 0 Å². The lowest BCUT2D eigenvalue weighted by Gasteiger charge is -2.26. The summed E-state index contributed by atoms with van der Waals surface area (Å²) >= 11 is 3.71. The molecule has 2 saturated carbocycles. The third-order valence-corrected chi connectivity index (χ3v) is 5.61. The Hall–Kier alpha value is -0.830. The zero-order valence-corrected chi connectivity index (χ0v) is 13.4. The highest BCUT2D eigenvalue weighted by Gasteiger charge is 2.51. The minimum Gasteiger partial charge on any atom is -0.355 e. The van der Waals surface area contributed by atoms with Gasteiger partial charge in [-0.2, -0.15) is 0 Å². The second-order valence-electron chi connectivity index (χ2n) is 6.29. The van der Waals surface area contributed by atoms with Crippen molar-refractivity contribution in [3.8, 4) is 0 Å². The van der Waals surface area contributed by atoms with E-state index in [0.717, 1.165) is 19.4 Å². The zero-order chi connectivity index (χ0) is 14.0. The highest BCUT2D eigenvalue weighted by molar-refractivity contribution is 9.09. The maximum absolute atomic E-state index is 12.5. The number of hydrogen-bond acceptors (Lipinski definition) is 1. The minimum absolute atomic E-state index is 0.219. The first-order valence-electron chi connectivity index (χ1n) is 7.68. The lowest BCUT2D eigenvalue weighted by molar-refractivity contribution is -0.123. The number of benzene rings is 1. The van der Waals surface area contributed by atoms with Gasteiger partial charge in [-0.25, -0.2) is 0 Å². The van der Waals surface area contributed by atoms with Crippen LogP contribution in [-0.2, 0) is 10.2 Å². The van der Waals surface area contributed by atoms with Gasteiger partial charge >= 0.3 is 0 Å². The maximum atomic E-state index is 12.5. The van der Waals surface area contributed by atoms with Crippen molar-refractivity contribution >= 4 is 21.8 Å². The van der Waals surface area contributed by atoms with Crippen LogP contribution >= 0.6 is 15.9 Å². The standard InChI is InChI=1S/C17H22BrNO/c18-15-8-4-5-13(11-15)12-19-16(20)17(9-10-17)14-6-2-1-3-7-14/h1-3,6-7,13,15H,4-5,8-12H2,(H,19,20). The molecular formula is C17H22BrNO. The molecule has 0 saturated heterocycles. The molecule has 0 heterocycles. The number of alkyl halides is 1. The van der Waals surface area contributed by atoms with Gasteiger partial charge in [0.2, 0.25) is 5.91 Å². The fraction of sp³-hybridized carbons (Fsp3) is 0.588. The number of halogens is 1. The summed E-state index contributed by atoms with van der Waals surface area (Å²) in [6.07, 6.45) is 6.99. The SMILES string of the molecule is O=C(NCC1CCCC(Br)C1)C1(c2ccccc2)CC1. The topological polar surface area (TPSA) is 29.1 Å². The molecule has 3 rings (SSSR count). The smallest absolute Gasteiger partial charge is 0.230 e. The lowest BCUT2D eigenvalue weighted by atomic mass is 9.88. The molecule has 1 N–H and O–H groups in total. The molecule has 2 atom stereocenters. The van der Waals surface area contributed by atoms with E-state index in [2.05, 4.69) is 33.4 Å². The summed E-state index contributed by atoms with van der Waals surface area (Å²) in [4.78, 5) is 13.2. The summed E-state index contributed by atoms with van der Waals surface area (Å²) in [6.45, 7) is 0.843. The third kappa shape index (κ3) is 2.93. The van der Waals surface area contributed by atoms with Gasteiger partial charge < -0.3 is 5.32 Å². The Bertz CT molecular complexity index is 469. The van der Waals surface area contributed by atoms with Crippen LogP contribution in [0.2, 0.25) is 0 Å². The number of nitrogens with one attached hydrogen (secondary N) is 1. The summed E-state index contributed by atoms with van der Waals surface area (Å²) in [6, 6.07) is 10.2. The van der Waals surface area contributed by atoms with Gasteiger partial charge in [-0.1, -0.05) is 52.7 Å². The van der Waals surface area contributed by atoms with Gasteiger partial charge in [0, 0.05) is 11.4 Å². The van der Waals surface area contributed by atoms with Gasteiger partial charge in [0.25, 0.3) is 0 Å². The minimum atomic E-state index is -0.219. The molecule has 2 unspecified atom stereocenters. The van der Waals surface area contributed by atoms with Crippen molar-refractivity contribution in [3.05, 3.63) is 35.9 Å². The maximum Gasteiger partial charge on any atom is 0.230 e. The zero-order valence-electron chi connectivity index (χ0n) is 11.8. The molecule has 1 aromatic rings. The van der Waals surface area contributed by atoms with Gasteiger partial charge in [0.1, 0.15) is 0 Å². The first-order valence-corrected chi connectivity index (χ1v) is 8.60. The Labute approximate surface area is 129 Å². The Balaban J connectivity index is 1.57. The first kappa shape index (κ1) is 14.1. The van der Waals surface area contributed by atoms with Crippen LogP contribution in [0.25, 0.3) is 0 Å². The number of rotatable bonds is 4. The molecule has 0 bridgehead atoms. The summed E-state index contributed by atoms with van der Waals surface area (Å²) < 4.78 is 0. The van der Waals surface area contributed by atoms with Gasteiger partial charge in [0.15, 0.2) is 0 Å². The van der Waals surface area contributed by atoms with Gasteiger partial charge in [0.05, 0.1) is 5.41 Å². The third-order valence-electron chi connectivity index (χ3n) is 4.78. The Morgan fingerprint density at radius 2 is 2.00 bits per heavy atom. The molecule has 108 valence electrons. The molecule has 0 aliphatic heterocycles. The summed E-state index contributed by atoms with van der Waals surface area (Å²) in [5.41, 5.74) is 0.962. The highest BCUT2D eigenvalue weighted by Crippen LogP contribution is 2.48. The van der Waals surface area contributed by atoms with Crippen molar-refractivity contribution in [1.82, 2.24) is 5.32 Å². The van der Waals surface area contributed by atoms with Crippen LogP contribution in [-0.4, -0.2) is 17.3 Å². The van der Waals surface area contributed by atoms with Crippen LogP contribution in [0, 0.1) is 5.92 Å². The molecule has 1 aromatic carbocycles. The van der Waals surface area contributed by atoms with Crippen LogP contribution in [0.3, 0.4) is 0 Å². The van der Waals surface area contributed by atoms with Crippen LogP contribution in [0.1, 0.15) is 44.1 Å². The Kier molecular flexibility index (Phi) is 4.16. The van der Waals surface area contributed by atoms with E-state index in [1.54, 1.807) is 0 Å². The average molecular weight is 336 g/mol. The largest absolute Gasteiger partial charge is 0.355 e. The predicted octanol–water partition coefficient (Wildman–Crippen LogP) is 3.79. The second-order valence-corrected chi connectivity index (χ2v) is 7.58. The van der Waals surface area contributed by atoms with E-state index in [9.17, 15) is 4.79 Å². The fourth-order valence-corrected chi connectivity index (χ4v) is 4.20. The van der Waals surface area contributed by atoms with Crippen LogP contribution < -0.4 is 5.32 Å². The quantitative estimate of drug-likeness (QED) is 0.833. The molecule has 3 heteroatoms. The second kappa shape index (κ2) is 5.88. The summed E-state index contributed by atoms with van der Waals surface area (Å²) in [7, 11) is 0. The average Bonchev–Trinajstić information content (AvgIpc) is 3.27. The molecule has 2 aliphatic carbocycles. The number of hydrogen-bond donors (Lipinski definition) is 1. The van der Waals surface area contributed by atoms with E-state index < -0.39 is 0 Å². The van der Waals surface area contributed by atoms with Gasteiger partial charge in [-0.05, 0) is 43.6 Å². The van der Waals surface area contributed by atoms with Crippen molar-refractivity contribution in [2.45, 2.75) is 48.8 Å². The van der Waals surface area contributed by atoms with Gasteiger partial charge in [-0.3, -0.25) is 4.79 Å². The Morgan fingerprint density at radius 3 is 2.65 bits per heavy atom. The number of carbonyl (C=O) groups excluding carboxylic acids is 1. The molecule has 0 radical (unpaired) electrons. The van der Waals surface area contributed by atoms with E-state index in [-0.39, 0.29) is 11.3 Å². The molecule has 2 aliphatic rings. The van der Waals surface area contributed by atoms with Crippen molar-refractivity contribution in [2.75, 3.05) is 6.54 Å². The van der Waals surface area contributed by atoms with Crippen molar-refractivity contribution in [1.29, 1.82) is 0 Å².